The number of hydrogen-bond donors (Lipinski definition) is 1. The van der Waals surface area contributed by atoms with Gasteiger partial charge in [0.15, 0.2) is 0 Å². The van der Waals surface area contributed by atoms with Gasteiger partial charge in [0.2, 0.25) is 0 Å². The van der Waals surface area contributed by atoms with Crippen LogP contribution in [-0.2, 0) is 6.42 Å². The van der Waals surface area contributed by atoms with Crippen molar-refractivity contribution in [3.05, 3.63) is 35.4 Å². The Morgan fingerprint density at radius 2 is 1.89 bits per heavy atom. The molecule has 19 heavy (non-hydrogen) atoms. The number of unbranched alkanes of at least 4 members (excludes halogenated alkanes) is 1. The Bertz CT molecular complexity index is 367. The van der Waals surface area contributed by atoms with Crippen LogP contribution in [0.4, 0.5) is 0 Å². The van der Waals surface area contributed by atoms with Crippen LogP contribution in [0, 0.1) is 0 Å². The predicted molar refractivity (Wildman–Crippen MR) is 82.3 cm³/mol. The van der Waals surface area contributed by atoms with Gasteiger partial charge >= 0.3 is 0 Å². The smallest absolute Gasteiger partial charge is 0.0424 e. The first-order valence-corrected chi connectivity index (χ1v) is 7.83. The third-order valence-electron chi connectivity index (χ3n) is 4.11. The largest absolute Gasteiger partial charge is 0.323 e. The SMILES string of the molecule is CCCCN(CC(N)c1ccc(CC)cc1)C1CC1. The maximum Gasteiger partial charge on any atom is 0.0424 e. The van der Waals surface area contributed by atoms with Crippen molar-refractivity contribution in [2.24, 2.45) is 5.73 Å². The Morgan fingerprint density at radius 3 is 2.42 bits per heavy atom. The molecule has 2 nitrogen and oxygen atoms in total. The lowest BCUT2D eigenvalue weighted by Gasteiger charge is -2.25. The molecule has 2 rings (SSSR count). The summed E-state index contributed by atoms with van der Waals surface area (Å²) in [6, 6.07) is 9.80. The molecule has 0 spiro atoms. The van der Waals surface area contributed by atoms with Crippen LogP contribution in [0.3, 0.4) is 0 Å². The first-order valence-electron chi connectivity index (χ1n) is 7.83. The number of hydrogen-bond acceptors (Lipinski definition) is 2. The van der Waals surface area contributed by atoms with E-state index in [1.165, 1.54) is 43.4 Å². The molecule has 0 radical (unpaired) electrons. The zero-order valence-electron chi connectivity index (χ0n) is 12.4. The van der Waals surface area contributed by atoms with E-state index in [1.54, 1.807) is 0 Å². The average Bonchev–Trinajstić information content (AvgIpc) is 3.28. The highest BCUT2D eigenvalue weighted by atomic mass is 15.2. The Morgan fingerprint density at radius 1 is 1.21 bits per heavy atom. The highest BCUT2D eigenvalue weighted by molar-refractivity contribution is 5.25. The summed E-state index contributed by atoms with van der Waals surface area (Å²) in [4.78, 5) is 2.60. The van der Waals surface area contributed by atoms with Crippen molar-refractivity contribution in [3.8, 4) is 0 Å². The number of rotatable bonds is 8. The summed E-state index contributed by atoms with van der Waals surface area (Å²) in [5.74, 6) is 0. The van der Waals surface area contributed by atoms with Crippen molar-refractivity contribution in [3.63, 3.8) is 0 Å². The third-order valence-corrected chi connectivity index (χ3v) is 4.11. The lowest BCUT2D eigenvalue weighted by atomic mass is 10.0. The minimum atomic E-state index is 0.156. The molecule has 0 saturated heterocycles. The van der Waals surface area contributed by atoms with Crippen LogP contribution >= 0.6 is 0 Å². The molecule has 1 saturated carbocycles. The molecule has 1 atom stereocenters. The number of benzene rings is 1. The number of nitrogens with zero attached hydrogens (tertiary/aromatic N) is 1. The first-order chi connectivity index (χ1) is 9.24. The molecule has 1 aromatic rings. The zero-order valence-corrected chi connectivity index (χ0v) is 12.4. The van der Waals surface area contributed by atoms with E-state index in [4.69, 9.17) is 5.73 Å². The standard InChI is InChI=1S/C17H28N2/c1-3-5-12-19(16-10-11-16)13-17(18)15-8-6-14(4-2)7-9-15/h6-9,16-17H,3-5,10-13,18H2,1-2H3. The molecule has 0 aliphatic heterocycles. The van der Waals surface area contributed by atoms with Crippen molar-refractivity contribution in [1.82, 2.24) is 4.90 Å². The molecule has 1 aliphatic rings. The Hall–Kier alpha value is -0.860. The van der Waals surface area contributed by atoms with Crippen molar-refractivity contribution >= 4 is 0 Å². The summed E-state index contributed by atoms with van der Waals surface area (Å²) in [6.45, 7) is 6.67. The lowest BCUT2D eigenvalue weighted by Crippen LogP contribution is -2.34. The fourth-order valence-electron chi connectivity index (χ4n) is 2.58. The minimum Gasteiger partial charge on any atom is -0.323 e. The molecule has 1 aliphatic carbocycles. The van der Waals surface area contributed by atoms with E-state index in [-0.39, 0.29) is 6.04 Å². The van der Waals surface area contributed by atoms with Gasteiger partial charge in [-0.25, -0.2) is 0 Å². The summed E-state index contributed by atoms with van der Waals surface area (Å²) >= 11 is 0. The van der Waals surface area contributed by atoms with Gasteiger partial charge < -0.3 is 5.73 Å². The van der Waals surface area contributed by atoms with Crippen LogP contribution in [0.25, 0.3) is 0 Å². The average molecular weight is 260 g/mol. The molecule has 1 fully saturated rings. The van der Waals surface area contributed by atoms with Gasteiger partial charge in [-0.3, -0.25) is 4.90 Å². The topological polar surface area (TPSA) is 29.3 Å². The molecule has 106 valence electrons. The van der Waals surface area contributed by atoms with Crippen molar-refractivity contribution in [1.29, 1.82) is 0 Å². The summed E-state index contributed by atoms with van der Waals surface area (Å²) < 4.78 is 0. The first kappa shape index (κ1) is 14.5. The van der Waals surface area contributed by atoms with Gasteiger partial charge in [-0.1, -0.05) is 44.5 Å². The van der Waals surface area contributed by atoms with Crippen LogP contribution in [0.5, 0.6) is 0 Å². The van der Waals surface area contributed by atoms with E-state index in [9.17, 15) is 0 Å². The molecule has 0 aromatic heterocycles. The second-order valence-electron chi connectivity index (χ2n) is 5.78. The van der Waals surface area contributed by atoms with Gasteiger partial charge in [0.1, 0.15) is 0 Å². The molecule has 1 aromatic carbocycles. The molecule has 0 heterocycles. The maximum atomic E-state index is 6.38. The lowest BCUT2D eigenvalue weighted by molar-refractivity contribution is 0.244. The van der Waals surface area contributed by atoms with Crippen molar-refractivity contribution in [2.45, 2.75) is 58.0 Å². The van der Waals surface area contributed by atoms with Crippen LogP contribution in [0.1, 0.15) is 56.7 Å². The number of nitrogens with two attached hydrogens (primary N) is 1. The molecule has 0 amide bonds. The van der Waals surface area contributed by atoms with Crippen molar-refractivity contribution < 1.29 is 0 Å². The molecular formula is C17H28N2. The monoisotopic (exact) mass is 260 g/mol. The van der Waals surface area contributed by atoms with Crippen LogP contribution in [-0.4, -0.2) is 24.0 Å². The summed E-state index contributed by atoms with van der Waals surface area (Å²) in [5.41, 5.74) is 9.05. The normalized spacial score (nSPS) is 16.8. The summed E-state index contributed by atoms with van der Waals surface area (Å²) in [7, 11) is 0. The van der Waals surface area contributed by atoms with Gasteiger partial charge in [0.25, 0.3) is 0 Å². The minimum absolute atomic E-state index is 0.156. The van der Waals surface area contributed by atoms with E-state index in [1.807, 2.05) is 0 Å². The second kappa shape index (κ2) is 7.06. The highest BCUT2D eigenvalue weighted by Gasteiger charge is 2.29. The van der Waals surface area contributed by atoms with Gasteiger partial charge in [0.05, 0.1) is 0 Å². The molecule has 0 bridgehead atoms. The molecule has 1 unspecified atom stereocenters. The van der Waals surface area contributed by atoms with E-state index in [0.717, 1.165) is 19.0 Å². The zero-order chi connectivity index (χ0) is 13.7. The highest BCUT2D eigenvalue weighted by Crippen LogP contribution is 2.28. The van der Waals surface area contributed by atoms with Gasteiger partial charge in [-0.15, -0.1) is 0 Å². The molecule has 2 heteroatoms. The Kier molecular flexibility index (Phi) is 5.41. The van der Waals surface area contributed by atoms with Crippen LogP contribution in [0.15, 0.2) is 24.3 Å². The Labute approximate surface area is 118 Å². The Balaban J connectivity index is 1.91. The maximum absolute atomic E-state index is 6.38. The van der Waals surface area contributed by atoms with E-state index in [0.29, 0.717) is 0 Å². The van der Waals surface area contributed by atoms with Crippen LogP contribution in [0.2, 0.25) is 0 Å². The quantitative estimate of drug-likeness (QED) is 0.775. The third kappa shape index (κ3) is 4.32. The molecule has 2 N–H and O–H groups in total. The van der Waals surface area contributed by atoms with E-state index in [2.05, 4.69) is 43.0 Å². The summed E-state index contributed by atoms with van der Waals surface area (Å²) in [5, 5.41) is 0. The van der Waals surface area contributed by atoms with Gasteiger partial charge in [0, 0.05) is 18.6 Å². The van der Waals surface area contributed by atoms with E-state index >= 15 is 0 Å². The fourth-order valence-corrected chi connectivity index (χ4v) is 2.58. The van der Waals surface area contributed by atoms with Gasteiger partial charge in [-0.05, 0) is 43.4 Å². The summed E-state index contributed by atoms with van der Waals surface area (Å²) in [6.07, 6.45) is 6.39. The van der Waals surface area contributed by atoms with Crippen LogP contribution < -0.4 is 5.73 Å². The predicted octanol–water partition coefficient (Wildman–Crippen LogP) is 3.51. The van der Waals surface area contributed by atoms with Crippen molar-refractivity contribution in [2.75, 3.05) is 13.1 Å². The van der Waals surface area contributed by atoms with E-state index < -0.39 is 0 Å². The fraction of sp³-hybridized carbons (Fsp3) is 0.647. The van der Waals surface area contributed by atoms with Gasteiger partial charge in [-0.2, -0.15) is 0 Å². The second-order valence-corrected chi connectivity index (χ2v) is 5.78. The number of aryl methyl sites for hydroxylation is 1. The molecular weight excluding hydrogens is 232 g/mol.